The van der Waals surface area contributed by atoms with Crippen molar-refractivity contribution in [2.45, 2.75) is 25.5 Å². The van der Waals surface area contributed by atoms with Crippen molar-refractivity contribution in [2.24, 2.45) is 0 Å². The number of nitrogens with zero attached hydrogens (tertiary/aromatic N) is 1. The number of carbonyl (C=O) groups is 2. The monoisotopic (exact) mass is 292 g/mol. The highest BCUT2D eigenvalue weighted by molar-refractivity contribution is 6.05. The summed E-state index contributed by atoms with van der Waals surface area (Å²) in [6.07, 6.45) is -0.679. The first-order chi connectivity index (χ1) is 9.93. The molecular weight excluding hydrogens is 272 g/mol. The lowest BCUT2D eigenvalue weighted by Gasteiger charge is -2.18. The average Bonchev–Trinajstić information content (AvgIpc) is 2.72. The lowest BCUT2D eigenvalue weighted by molar-refractivity contribution is -0.137. The van der Waals surface area contributed by atoms with E-state index < -0.39 is 12.1 Å². The van der Waals surface area contributed by atoms with E-state index in [0.29, 0.717) is 11.3 Å². The summed E-state index contributed by atoms with van der Waals surface area (Å²) in [4.78, 5) is 24.3. The van der Waals surface area contributed by atoms with Crippen LogP contribution >= 0.6 is 0 Å². The van der Waals surface area contributed by atoms with Gasteiger partial charge in [-0.15, -0.1) is 0 Å². The van der Waals surface area contributed by atoms with Gasteiger partial charge in [-0.05, 0) is 19.1 Å². The molecule has 6 nitrogen and oxygen atoms in total. The lowest BCUT2D eigenvalue weighted by atomic mass is 10.0. The van der Waals surface area contributed by atoms with Crippen LogP contribution in [0.5, 0.6) is 5.75 Å². The van der Waals surface area contributed by atoms with E-state index in [0.717, 1.165) is 10.5 Å². The Labute approximate surface area is 123 Å². The highest BCUT2D eigenvalue weighted by atomic mass is 16.5. The number of aliphatic hydroxyl groups excluding tert-OH is 1. The van der Waals surface area contributed by atoms with E-state index in [-0.39, 0.29) is 24.8 Å². The number of ether oxygens (including phenoxy) is 1. The van der Waals surface area contributed by atoms with Gasteiger partial charge in [0.15, 0.2) is 0 Å². The van der Waals surface area contributed by atoms with Gasteiger partial charge in [0.1, 0.15) is 5.75 Å². The summed E-state index contributed by atoms with van der Waals surface area (Å²) in [5.41, 5.74) is 1.67. The maximum atomic E-state index is 11.8. The third kappa shape index (κ3) is 3.22. The van der Waals surface area contributed by atoms with Gasteiger partial charge in [-0.25, -0.2) is 0 Å². The number of aryl methyl sites for hydroxylation is 1. The van der Waals surface area contributed by atoms with Crippen molar-refractivity contribution < 1.29 is 19.4 Å². The van der Waals surface area contributed by atoms with Crippen molar-refractivity contribution in [1.82, 2.24) is 10.2 Å². The lowest BCUT2D eigenvalue weighted by Crippen LogP contribution is -2.39. The summed E-state index contributed by atoms with van der Waals surface area (Å²) in [6, 6.07) is 4.98. The summed E-state index contributed by atoms with van der Waals surface area (Å²) >= 11 is 0. The number of likely N-dealkylation sites (N-methyl/N-ethyl adjacent to an activating group) is 1. The molecule has 114 valence electrons. The smallest absolute Gasteiger partial charge is 0.246 e. The molecule has 0 spiro atoms. The number of methoxy groups -OCH3 is 1. The molecule has 0 bridgehead atoms. The minimum absolute atomic E-state index is 0.132. The Balaban J connectivity index is 2.02. The molecular formula is C15H20N2O4. The zero-order chi connectivity index (χ0) is 15.6. The van der Waals surface area contributed by atoms with E-state index in [2.05, 4.69) is 5.32 Å². The predicted octanol–water partition coefficient (Wildman–Crippen LogP) is 0.384. The largest absolute Gasteiger partial charge is 0.496 e. The normalized spacial score (nSPS) is 20.0. The van der Waals surface area contributed by atoms with Crippen molar-refractivity contribution in [2.75, 3.05) is 20.7 Å². The molecule has 2 atom stereocenters. The number of benzene rings is 1. The van der Waals surface area contributed by atoms with E-state index in [1.807, 2.05) is 19.1 Å². The van der Waals surface area contributed by atoms with Gasteiger partial charge in [0.05, 0.1) is 25.7 Å². The second-order valence-electron chi connectivity index (χ2n) is 5.22. The Hall–Kier alpha value is -1.92. The van der Waals surface area contributed by atoms with Crippen molar-refractivity contribution in [1.29, 1.82) is 0 Å². The first-order valence-electron chi connectivity index (χ1n) is 6.80. The minimum atomic E-state index is -0.811. The maximum Gasteiger partial charge on any atom is 0.246 e. The van der Waals surface area contributed by atoms with Crippen LogP contribution in [-0.4, -0.2) is 48.6 Å². The number of hydrogen-bond donors (Lipinski definition) is 2. The van der Waals surface area contributed by atoms with Crippen molar-refractivity contribution in [3.05, 3.63) is 29.3 Å². The molecule has 2 unspecified atom stereocenters. The molecule has 1 saturated heterocycles. The average molecular weight is 292 g/mol. The molecule has 21 heavy (non-hydrogen) atoms. The molecule has 1 aliphatic rings. The first-order valence-corrected chi connectivity index (χ1v) is 6.80. The summed E-state index contributed by atoms with van der Waals surface area (Å²) in [5.74, 6) is 0.129. The molecule has 2 amide bonds. The first kappa shape index (κ1) is 15.5. The number of amides is 2. The van der Waals surface area contributed by atoms with Crippen LogP contribution in [0.1, 0.15) is 23.7 Å². The van der Waals surface area contributed by atoms with Crippen LogP contribution in [0, 0.1) is 6.92 Å². The predicted molar refractivity (Wildman–Crippen MR) is 76.9 cm³/mol. The molecule has 2 rings (SSSR count). The number of hydrogen-bond acceptors (Lipinski definition) is 5. The molecule has 0 radical (unpaired) electrons. The maximum absolute atomic E-state index is 11.8. The van der Waals surface area contributed by atoms with E-state index >= 15 is 0 Å². The Bertz CT molecular complexity index is 559. The van der Waals surface area contributed by atoms with Gasteiger partial charge in [0.25, 0.3) is 0 Å². The Morgan fingerprint density at radius 3 is 2.76 bits per heavy atom. The van der Waals surface area contributed by atoms with Crippen LogP contribution in [-0.2, 0) is 9.59 Å². The molecule has 1 heterocycles. The van der Waals surface area contributed by atoms with E-state index in [4.69, 9.17) is 4.74 Å². The fourth-order valence-electron chi connectivity index (χ4n) is 2.39. The van der Waals surface area contributed by atoms with Crippen LogP contribution < -0.4 is 10.1 Å². The fourth-order valence-corrected chi connectivity index (χ4v) is 2.39. The molecule has 6 heteroatoms. The second kappa shape index (κ2) is 6.24. The van der Waals surface area contributed by atoms with Gasteiger partial charge in [-0.3, -0.25) is 14.5 Å². The molecule has 0 aliphatic carbocycles. The zero-order valence-electron chi connectivity index (χ0n) is 12.4. The van der Waals surface area contributed by atoms with Gasteiger partial charge < -0.3 is 15.2 Å². The number of likely N-dealkylation sites (tertiary alicyclic amines) is 1. The topological polar surface area (TPSA) is 78.9 Å². The molecule has 1 aliphatic heterocycles. The number of aliphatic hydroxyl groups is 1. The van der Waals surface area contributed by atoms with Crippen LogP contribution in [0.25, 0.3) is 0 Å². The van der Waals surface area contributed by atoms with Crippen LogP contribution in [0.2, 0.25) is 0 Å². The zero-order valence-corrected chi connectivity index (χ0v) is 12.4. The molecule has 2 N–H and O–H groups in total. The van der Waals surface area contributed by atoms with E-state index in [1.165, 1.54) is 7.05 Å². The Kier molecular flexibility index (Phi) is 4.59. The summed E-state index contributed by atoms with van der Waals surface area (Å²) < 4.78 is 5.23. The van der Waals surface area contributed by atoms with Gasteiger partial charge in [-0.2, -0.15) is 0 Å². The van der Waals surface area contributed by atoms with Crippen LogP contribution in [0.4, 0.5) is 0 Å². The number of carbonyl (C=O) groups excluding carboxylic acids is 2. The minimum Gasteiger partial charge on any atom is -0.496 e. The second-order valence-corrected chi connectivity index (χ2v) is 5.22. The quantitative estimate of drug-likeness (QED) is 0.767. The van der Waals surface area contributed by atoms with Crippen LogP contribution in [0.15, 0.2) is 18.2 Å². The van der Waals surface area contributed by atoms with Gasteiger partial charge in [-0.1, -0.05) is 11.6 Å². The summed E-state index contributed by atoms with van der Waals surface area (Å²) in [7, 11) is 3.01. The highest BCUT2D eigenvalue weighted by Gasteiger charge is 2.35. The third-order valence-electron chi connectivity index (χ3n) is 3.68. The highest BCUT2D eigenvalue weighted by Crippen LogP contribution is 2.26. The van der Waals surface area contributed by atoms with Gasteiger partial charge in [0.2, 0.25) is 11.8 Å². The molecule has 1 aromatic carbocycles. The molecule has 1 fully saturated rings. The van der Waals surface area contributed by atoms with Gasteiger partial charge >= 0.3 is 0 Å². The number of imide groups is 1. The molecule has 1 aromatic rings. The number of rotatable bonds is 5. The SMILES string of the molecule is COc1ccc(C)cc1C(O)CNC1CC(=O)N(C)C1=O. The van der Waals surface area contributed by atoms with Crippen molar-refractivity contribution in [3.63, 3.8) is 0 Å². The van der Waals surface area contributed by atoms with Crippen molar-refractivity contribution >= 4 is 11.8 Å². The fraction of sp³-hybridized carbons (Fsp3) is 0.467. The molecule has 0 aromatic heterocycles. The van der Waals surface area contributed by atoms with Gasteiger partial charge in [0, 0.05) is 19.2 Å². The third-order valence-corrected chi connectivity index (χ3v) is 3.68. The Morgan fingerprint density at radius 1 is 1.48 bits per heavy atom. The summed E-state index contributed by atoms with van der Waals surface area (Å²) in [5, 5.41) is 13.2. The summed E-state index contributed by atoms with van der Waals surface area (Å²) in [6.45, 7) is 2.11. The molecule has 0 saturated carbocycles. The van der Waals surface area contributed by atoms with E-state index in [1.54, 1.807) is 13.2 Å². The standard InChI is InChI=1S/C15H20N2O4/c1-9-4-5-13(21-3)10(6-9)12(18)8-16-11-7-14(19)17(2)15(11)20/h4-6,11-12,16,18H,7-8H2,1-3H3. The van der Waals surface area contributed by atoms with Crippen molar-refractivity contribution in [3.8, 4) is 5.75 Å². The van der Waals surface area contributed by atoms with E-state index in [9.17, 15) is 14.7 Å². The number of nitrogens with one attached hydrogen (secondary N) is 1. The van der Waals surface area contributed by atoms with Crippen LogP contribution in [0.3, 0.4) is 0 Å². The Morgan fingerprint density at radius 2 is 2.19 bits per heavy atom.